The predicted molar refractivity (Wildman–Crippen MR) is 187 cm³/mol. The summed E-state index contributed by atoms with van der Waals surface area (Å²) in [5, 5.41) is 3.54. The fourth-order valence-electron chi connectivity index (χ4n) is 5.09. The molecule has 248 valence electrons. The van der Waals surface area contributed by atoms with Crippen LogP contribution in [0, 0.1) is 6.92 Å². The Hall–Kier alpha value is -4.34. The van der Waals surface area contributed by atoms with Crippen molar-refractivity contribution in [3.8, 4) is 5.75 Å². The lowest BCUT2D eigenvalue weighted by Crippen LogP contribution is -2.53. The van der Waals surface area contributed by atoms with Crippen LogP contribution in [0.4, 0.5) is 5.69 Å². The van der Waals surface area contributed by atoms with E-state index in [2.05, 4.69) is 5.32 Å². The Morgan fingerprint density at radius 1 is 0.851 bits per heavy atom. The third-order valence-electron chi connectivity index (χ3n) is 7.69. The fourth-order valence-corrected chi connectivity index (χ4v) is 6.63. The minimum atomic E-state index is -4.22. The average molecular weight is 676 g/mol. The number of hydrogen-bond acceptors (Lipinski definition) is 5. The molecule has 0 unspecified atom stereocenters. The molecule has 0 aliphatic rings. The van der Waals surface area contributed by atoms with Crippen molar-refractivity contribution < 1.29 is 22.7 Å². The van der Waals surface area contributed by atoms with Gasteiger partial charge in [-0.3, -0.25) is 13.9 Å². The van der Waals surface area contributed by atoms with E-state index >= 15 is 0 Å². The first kappa shape index (κ1) is 35.5. The van der Waals surface area contributed by atoms with Gasteiger partial charge in [0.2, 0.25) is 11.8 Å². The zero-order valence-corrected chi connectivity index (χ0v) is 28.6. The lowest BCUT2D eigenvalue weighted by atomic mass is 10.0. The second kappa shape index (κ2) is 17.0. The molecule has 0 saturated carbocycles. The summed E-state index contributed by atoms with van der Waals surface area (Å²) >= 11 is 6.16. The van der Waals surface area contributed by atoms with E-state index in [0.717, 1.165) is 33.8 Å². The molecule has 4 rings (SSSR count). The summed E-state index contributed by atoms with van der Waals surface area (Å²) in [5.41, 5.74) is 2.89. The van der Waals surface area contributed by atoms with E-state index in [4.69, 9.17) is 16.3 Å². The van der Waals surface area contributed by atoms with E-state index in [1.54, 1.807) is 60.7 Å². The number of sulfonamides is 1. The molecule has 4 aromatic carbocycles. The van der Waals surface area contributed by atoms with Crippen LogP contribution in [0.15, 0.2) is 108 Å². The van der Waals surface area contributed by atoms with Gasteiger partial charge in [-0.15, -0.1) is 0 Å². The molecule has 10 heteroatoms. The van der Waals surface area contributed by atoms with Crippen molar-refractivity contribution in [1.82, 2.24) is 10.2 Å². The van der Waals surface area contributed by atoms with E-state index < -0.39 is 28.5 Å². The molecule has 8 nitrogen and oxygen atoms in total. The van der Waals surface area contributed by atoms with Crippen LogP contribution in [0.2, 0.25) is 5.02 Å². The first-order valence-electron chi connectivity index (χ1n) is 15.8. The highest BCUT2D eigenvalue weighted by Crippen LogP contribution is 2.27. The topological polar surface area (TPSA) is 96.0 Å². The number of nitrogens with one attached hydrogen (secondary N) is 1. The number of unbranched alkanes of at least 4 members (excludes halogenated alkanes) is 1. The Morgan fingerprint density at radius 2 is 1.51 bits per heavy atom. The first-order chi connectivity index (χ1) is 22.6. The SMILES string of the molecule is CCCCNC(=O)[C@H](Cc1ccccc1)N(Cc1ccc(Cl)cc1)C(=O)CN(c1ccc(C)cc1)S(=O)(=O)c1ccc(OCC)cc1. The highest BCUT2D eigenvalue weighted by Gasteiger charge is 2.34. The number of benzene rings is 4. The smallest absolute Gasteiger partial charge is 0.264 e. The summed E-state index contributed by atoms with van der Waals surface area (Å²) in [5.74, 6) is -0.293. The molecule has 0 aliphatic heterocycles. The number of nitrogens with zero attached hydrogens (tertiary/aromatic N) is 2. The summed E-state index contributed by atoms with van der Waals surface area (Å²) in [6, 6.07) is 28.7. The number of halogens is 1. The zero-order valence-electron chi connectivity index (χ0n) is 27.1. The third kappa shape index (κ3) is 9.83. The lowest BCUT2D eigenvalue weighted by Gasteiger charge is -2.34. The molecule has 0 radical (unpaired) electrons. The van der Waals surface area contributed by atoms with Gasteiger partial charge in [-0.2, -0.15) is 0 Å². The molecule has 0 fully saturated rings. The lowest BCUT2D eigenvalue weighted by molar-refractivity contribution is -0.140. The number of aryl methyl sites for hydroxylation is 1. The molecule has 0 aromatic heterocycles. The van der Waals surface area contributed by atoms with Gasteiger partial charge >= 0.3 is 0 Å². The number of hydrogen-bond donors (Lipinski definition) is 1. The van der Waals surface area contributed by atoms with Crippen molar-refractivity contribution in [1.29, 1.82) is 0 Å². The number of anilines is 1. The van der Waals surface area contributed by atoms with Crippen LogP contribution in [-0.4, -0.2) is 50.9 Å². The Bertz CT molecular complexity index is 1700. The van der Waals surface area contributed by atoms with Crippen molar-refractivity contribution in [3.05, 3.63) is 125 Å². The van der Waals surface area contributed by atoms with Crippen molar-refractivity contribution in [2.45, 2.75) is 57.5 Å². The Balaban J connectivity index is 1.77. The van der Waals surface area contributed by atoms with Crippen LogP contribution >= 0.6 is 11.6 Å². The summed E-state index contributed by atoms with van der Waals surface area (Å²) in [7, 11) is -4.22. The number of carbonyl (C=O) groups is 2. The molecule has 47 heavy (non-hydrogen) atoms. The van der Waals surface area contributed by atoms with E-state index in [1.807, 2.05) is 51.1 Å². The van der Waals surface area contributed by atoms with Crippen LogP contribution < -0.4 is 14.4 Å². The molecule has 0 aliphatic carbocycles. The molecule has 0 heterocycles. The highest BCUT2D eigenvalue weighted by atomic mass is 35.5. The van der Waals surface area contributed by atoms with Gasteiger partial charge in [0.25, 0.3) is 10.0 Å². The van der Waals surface area contributed by atoms with Crippen molar-refractivity contribution >= 4 is 39.1 Å². The van der Waals surface area contributed by atoms with Gasteiger partial charge in [0, 0.05) is 24.5 Å². The minimum absolute atomic E-state index is 0.0109. The number of ether oxygens (including phenoxy) is 1. The second-order valence-electron chi connectivity index (χ2n) is 11.2. The highest BCUT2D eigenvalue weighted by molar-refractivity contribution is 7.92. The molecular weight excluding hydrogens is 634 g/mol. The maximum absolute atomic E-state index is 14.5. The molecule has 2 amide bonds. The molecule has 4 aromatic rings. The van der Waals surface area contributed by atoms with Gasteiger partial charge in [-0.25, -0.2) is 8.42 Å². The van der Waals surface area contributed by atoms with E-state index in [9.17, 15) is 18.0 Å². The van der Waals surface area contributed by atoms with E-state index in [1.165, 1.54) is 17.0 Å². The van der Waals surface area contributed by atoms with Crippen molar-refractivity contribution in [2.24, 2.45) is 0 Å². The van der Waals surface area contributed by atoms with Crippen LogP contribution in [0.3, 0.4) is 0 Å². The first-order valence-corrected chi connectivity index (χ1v) is 17.6. The van der Waals surface area contributed by atoms with Crippen molar-refractivity contribution in [3.63, 3.8) is 0 Å². The van der Waals surface area contributed by atoms with Crippen molar-refractivity contribution in [2.75, 3.05) is 24.0 Å². The predicted octanol–water partition coefficient (Wildman–Crippen LogP) is 6.80. The monoisotopic (exact) mass is 675 g/mol. The van der Waals surface area contributed by atoms with Gasteiger partial charge in [-0.1, -0.05) is 85.1 Å². The summed E-state index contributed by atoms with van der Waals surface area (Å²) in [6.07, 6.45) is 1.93. The molecular formula is C37H42ClN3O5S. The summed E-state index contributed by atoms with van der Waals surface area (Å²) < 4.78 is 35.1. The zero-order chi connectivity index (χ0) is 33.8. The van der Waals surface area contributed by atoms with Gasteiger partial charge in [0.1, 0.15) is 18.3 Å². The molecule has 1 atom stereocenters. The normalized spacial score (nSPS) is 11.8. The van der Waals surface area contributed by atoms with Gasteiger partial charge in [-0.05, 0) is 79.9 Å². The Kier molecular flexibility index (Phi) is 12.8. The standard InChI is InChI=1S/C37H42ClN3O5S/c1-4-6-24-39-37(43)35(25-29-10-8-7-9-11-29)40(26-30-14-16-31(38)17-15-30)36(42)27-41(32-18-12-28(3)13-19-32)47(44,45)34-22-20-33(21-23-34)46-5-2/h7-23,35H,4-6,24-27H2,1-3H3,(H,39,43)/t35-/m0/s1. The maximum atomic E-state index is 14.5. The van der Waals surface area contributed by atoms with E-state index in [-0.39, 0.29) is 23.8 Å². The molecule has 0 saturated heterocycles. The third-order valence-corrected chi connectivity index (χ3v) is 9.73. The number of carbonyl (C=O) groups excluding carboxylic acids is 2. The fraction of sp³-hybridized carbons (Fsp3) is 0.297. The maximum Gasteiger partial charge on any atom is 0.264 e. The van der Waals surface area contributed by atoms with E-state index in [0.29, 0.717) is 29.6 Å². The van der Waals surface area contributed by atoms with Crippen LogP contribution in [0.1, 0.15) is 43.4 Å². The van der Waals surface area contributed by atoms with Gasteiger partial charge in [0.15, 0.2) is 0 Å². The molecule has 1 N–H and O–H groups in total. The average Bonchev–Trinajstić information content (AvgIpc) is 3.07. The van der Waals surface area contributed by atoms with Crippen LogP contribution in [0.5, 0.6) is 5.75 Å². The number of rotatable bonds is 16. The van der Waals surface area contributed by atoms with Crippen LogP contribution in [-0.2, 0) is 32.6 Å². The second-order valence-corrected chi connectivity index (χ2v) is 13.5. The number of amides is 2. The molecule has 0 bridgehead atoms. The Labute approximate surface area is 283 Å². The Morgan fingerprint density at radius 3 is 2.13 bits per heavy atom. The quantitative estimate of drug-likeness (QED) is 0.132. The largest absolute Gasteiger partial charge is 0.494 e. The summed E-state index contributed by atoms with van der Waals surface area (Å²) in [4.78, 5) is 29.9. The van der Waals surface area contributed by atoms with Gasteiger partial charge in [0.05, 0.1) is 17.2 Å². The molecule has 0 spiro atoms. The minimum Gasteiger partial charge on any atom is -0.494 e. The summed E-state index contributed by atoms with van der Waals surface area (Å²) in [6.45, 7) is 6.23. The van der Waals surface area contributed by atoms with Gasteiger partial charge < -0.3 is 15.0 Å². The van der Waals surface area contributed by atoms with Crippen LogP contribution in [0.25, 0.3) is 0 Å².